The Morgan fingerprint density at radius 1 is 1.33 bits per heavy atom. The van der Waals surface area contributed by atoms with Crippen LogP contribution in [0.2, 0.25) is 0 Å². The predicted octanol–water partition coefficient (Wildman–Crippen LogP) is 2.46. The second-order valence-electron chi connectivity index (χ2n) is 5.58. The Balaban J connectivity index is 1.66. The molecule has 0 unspecified atom stereocenters. The number of likely N-dealkylation sites (tertiary alicyclic amines) is 1. The third kappa shape index (κ3) is 3.19. The molecule has 0 N–H and O–H groups in total. The zero-order valence-electron chi connectivity index (χ0n) is 12.2. The molecule has 21 heavy (non-hydrogen) atoms. The van der Waals surface area contributed by atoms with Crippen molar-refractivity contribution in [1.29, 1.82) is 0 Å². The number of piperidine rings is 1. The molecule has 1 aromatic heterocycles. The lowest BCUT2D eigenvalue weighted by Gasteiger charge is -2.27. The van der Waals surface area contributed by atoms with E-state index in [9.17, 15) is 4.79 Å². The first-order valence-electron chi connectivity index (χ1n) is 7.32. The number of aromatic nitrogens is 2. The molecular formula is C16H19N3O2. The van der Waals surface area contributed by atoms with E-state index in [2.05, 4.69) is 15.0 Å². The van der Waals surface area contributed by atoms with Crippen LogP contribution in [0.4, 0.5) is 0 Å². The van der Waals surface area contributed by atoms with Gasteiger partial charge in [0.1, 0.15) is 6.29 Å². The summed E-state index contributed by atoms with van der Waals surface area (Å²) in [7, 11) is 0. The smallest absolute Gasteiger partial charge is 0.241 e. The molecule has 0 aliphatic carbocycles. The minimum absolute atomic E-state index is 0.214. The lowest BCUT2D eigenvalue weighted by Crippen LogP contribution is -2.33. The van der Waals surface area contributed by atoms with Gasteiger partial charge in [-0.25, -0.2) is 0 Å². The van der Waals surface area contributed by atoms with E-state index in [-0.39, 0.29) is 5.92 Å². The highest BCUT2D eigenvalue weighted by Crippen LogP contribution is 2.21. The Morgan fingerprint density at radius 3 is 2.81 bits per heavy atom. The molecule has 0 bridgehead atoms. The van der Waals surface area contributed by atoms with E-state index in [1.807, 2.05) is 31.2 Å². The number of rotatable bonds is 4. The van der Waals surface area contributed by atoms with Gasteiger partial charge in [0, 0.05) is 11.5 Å². The molecule has 110 valence electrons. The molecule has 0 spiro atoms. The number of carbonyl (C=O) groups is 1. The van der Waals surface area contributed by atoms with E-state index < -0.39 is 0 Å². The van der Waals surface area contributed by atoms with E-state index in [0.29, 0.717) is 18.3 Å². The number of nitrogens with zero attached hydrogens (tertiary/aromatic N) is 3. The van der Waals surface area contributed by atoms with Crippen molar-refractivity contribution in [3.63, 3.8) is 0 Å². The van der Waals surface area contributed by atoms with Crippen LogP contribution in [0.15, 0.2) is 28.8 Å². The van der Waals surface area contributed by atoms with E-state index in [0.717, 1.165) is 43.3 Å². The van der Waals surface area contributed by atoms with Gasteiger partial charge in [0.25, 0.3) is 0 Å². The molecule has 2 aromatic rings. The Morgan fingerprint density at radius 2 is 2.10 bits per heavy atom. The summed E-state index contributed by atoms with van der Waals surface area (Å²) in [4.78, 5) is 17.5. The van der Waals surface area contributed by atoms with Crippen LogP contribution in [0, 0.1) is 12.8 Å². The highest BCUT2D eigenvalue weighted by molar-refractivity contribution is 5.58. The molecule has 5 heteroatoms. The number of benzene rings is 1. The fraction of sp³-hybridized carbons (Fsp3) is 0.438. The number of aldehydes is 1. The van der Waals surface area contributed by atoms with E-state index in [1.54, 1.807) is 0 Å². The van der Waals surface area contributed by atoms with Gasteiger partial charge in [-0.2, -0.15) is 4.98 Å². The van der Waals surface area contributed by atoms with Crippen molar-refractivity contribution in [1.82, 2.24) is 15.0 Å². The molecule has 0 radical (unpaired) electrons. The molecule has 1 aromatic carbocycles. The summed E-state index contributed by atoms with van der Waals surface area (Å²) in [6.45, 7) is 4.51. The maximum atomic E-state index is 10.8. The monoisotopic (exact) mass is 285 g/mol. The Labute approximate surface area is 124 Å². The van der Waals surface area contributed by atoms with Gasteiger partial charge >= 0.3 is 0 Å². The van der Waals surface area contributed by atoms with Gasteiger partial charge in [-0.3, -0.25) is 4.90 Å². The maximum Gasteiger partial charge on any atom is 0.241 e. The summed E-state index contributed by atoms with van der Waals surface area (Å²) >= 11 is 0. The van der Waals surface area contributed by atoms with Gasteiger partial charge in [-0.1, -0.05) is 29.4 Å². The summed E-state index contributed by atoms with van der Waals surface area (Å²) in [5.74, 6) is 1.50. The Bertz CT molecular complexity index is 615. The largest absolute Gasteiger partial charge is 0.338 e. The first-order chi connectivity index (χ1) is 10.3. The lowest BCUT2D eigenvalue weighted by molar-refractivity contribution is -0.112. The molecule has 5 nitrogen and oxygen atoms in total. The van der Waals surface area contributed by atoms with Crippen molar-refractivity contribution in [2.45, 2.75) is 26.3 Å². The average molecular weight is 285 g/mol. The van der Waals surface area contributed by atoms with E-state index >= 15 is 0 Å². The van der Waals surface area contributed by atoms with Crippen LogP contribution in [-0.4, -0.2) is 34.4 Å². The Kier molecular flexibility index (Phi) is 4.10. The number of aryl methyl sites for hydroxylation is 1. The van der Waals surface area contributed by atoms with E-state index in [4.69, 9.17) is 4.52 Å². The van der Waals surface area contributed by atoms with Gasteiger partial charge in [-0.05, 0) is 38.4 Å². The number of hydrogen-bond acceptors (Lipinski definition) is 5. The fourth-order valence-electron chi connectivity index (χ4n) is 2.69. The molecule has 2 heterocycles. The molecule has 3 rings (SSSR count). The minimum atomic E-state index is 0.214. The summed E-state index contributed by atoms with van der Waals surface area (Å²) in [6.07, 6.45) is 2.91. The summed E-state index contributed by atoms with van der Waals surface area (Å²) in [5, 5.41) is 4.07. The lowest BCUT2D eigenvalue weighted by atomic mass is 9.99. The fourth-order valence-corrected chi connectivity index (χ4v) is 2.69. The van der Waals surface area contributed by atoms with Crippen molar-refractivity contribution in [2.24, 2.45) is 5.92 Å². The van der Waals surface area contributed by atoms with Crippen LogP contribution in [0.5, 0.6) is 0 Å². The van der Waals surface area contributed by atoms with Gasteiger partial charge in [0.2, 0.25) is 11.7 Å². The van der Waals surface area contributed by atoms with Gasteiger partial charge in [0.15, 0.2) is 0 Å². The van der Waals surface area contributed by atoms with Crippen LogP contribution in [0.25, 0.3) is 11.4 Å². The minimum Gasteiger partial charge on any atom is -0.338 e. The molecule has 0 amide bonds. The second kappa shape index (κ2) is 6.18. The van der Waals surface area contributed by atoms with Crippen LogP contribution in [0.3, 0.4) is 0 Å². The summed E-state index contributed by atoms with van der Waals surface area (Å²) in [5.41, 5.74) is 2.14. The predicted molar refractivity (Wildman–Crippen MR) is 78.5 cm³/mol. The maximum absolute atomic E-state index is 10.8. The highest BCUT2D eigenvalue weighted by atomic mass is 16.5. The number of carbonyl (C=O) groups excluding carboxylic acids is 1. The topological polar surface area (TPSA) is 59.2 Å². The first-order valence-corrected chi connectivity index (χ1v) is 7.32. The molecule has 1 aliphatic heterocycles. The zero-order chi connectivity index (χ0) is 14.7. The first kappa shape index (κ1) is 13.9. The molecule has 0 saturated carbocycles. The molecule has 1 saturated heterocycles. The normalized spacial score (nSPS) is 17.0. The third-order valence-corrected chi connectivity index (χ3v) is 4.04. The molecular weight excluding hydrogens is 266 g/mol. The van der Waals surface area contributed by atoms with Crippen LogP contribution >= 0.6 is 0 Å². The van der Waals surface area contributed by atoms with Gasteiger partial charge in [-0.15, -0.1) is 0 Å². The summed E-state index contributed by atoms with van der Waals surface area (Å²) in [6, 6.07) is 8.01. The SMILES string of the molecule is Cc1ccccc1-c1noc(CN2CCC(C=O)CC2)n1. The number of hydrogen-bond donors (Lipinski definition) is 0. The summed E-state index contributed by atoms with van der Waals surface area (Å²) < 4.78 is 5.36. The quantitative estimate of drug-likeness (QED) is 0.808. The average Bonchev–Trinajstić information content (AvgIpc) is 2.97. The van der Waals surface area contributed by atoms with Crippen LogP contribution < -0.4 is 0 Å². The standard InChI is InChI=1S/C16H19N3O2/c1-12-4-2-3-5-14(12)16-17-15(21-18-16)10-19-8-6-13(11-20)7-9-19/h2-5,11,13H,6-10H2,1H3. The van der Waals surface area contributed by atoms with Gasteiger partial charge in [0.05, 0.1) is 6.54 Å². The van der Waals surface area contributed by atoms with E-state index in [1.165, 1.54) is 0 Å². The van der Waals surface area contributed by atoms with Crippen molar-refractivity contribution in [2.75, 3.05) is 13.1 Å². The van der Waals surface area contributed by atoms with Gasteiger partial charge < -0.3 is 9.32 Å². The van der Waals surface area contributed by atoms with Crippen molar-refractivity contribution in [3.05, 3.63) is 35.7 Å². The molecule has 0 atom stereocenters. The van der Waals surface area contributed by atoms with Crippen LogP contribution in [-0.2, 0) is 11.3 Å². The highest BCUT2D eigenvalue weighted by Gasteiger charge is 2.20. The third-order valence-electron chi connectivity index (χ3n) is 4.04. The molecule has 1 aliphatic rings. The van der Waals surface area contributed by atoms with Crippen molar-refractivity contribution >= 4 is 6.29 Å². The van der Waals surface area contributed by atoms with Crippen molar-refractivity contribution < 1.29 is 9.32 Å². The molecule has 1 fully saturated rings. The second-order valence-corrected chi connectivity index (χ2v) is 5.58. The zero-order valence-corrected chi connectivity index (χ0v) is 12.2. The van der Waals surface area contributed by atoms with Crippen molar-refractivity contribution in [3.8, 4) is 11.4 Å². The Hall–Kier alpha value is -2.01. The van der Waals surface area contributed by atoms with Crippen LogP contribution in [0.1, 0.15) is 24.3 Å².